The maximum Gasteiger partial charge on any atom is 0.404 e. The minimum atomic E-state index is -1.01. The number of nitrogens with zero attached hydrogens (tertiary/aromatic N) is 1. The molecule has 0 aromatic heterocycles. The van der Waals surface area contributed by atoms with E-state index in [0.29, 0.717) is 11.4 Å². The summed E-state index contributed by atoms with van der Waals surface area (Å²) >= 11 is 5.11. The van der Waals surface area contributed by atoms with E-state index in [2.05, 4.69) is 10.5 Å². The van der Waals surface area contributed by atoms with Gasteiger partial charge in [0, 0.05) is 17.2 Å². The van der Waals surface area contributed by atoms with Crippen LogP contribution in [0.1, 0.15) is 15.9 Å². The van der Waals surface area contributed by atoms with Gasteiger partial charge in [0.15, 0.2) is 5.78 Å². The summed E-state index contributed by atoms with van der Waals surface area (Å²) in [5, 5.41) is 10.5. The van der Waals surface area contributed by atoms with E-state index in [-0.39, 0.29) is 18.0 Å². The average Bonchev–Trinajstić information content (AvgIpc) is 2.60. The fourth-order valence-electron chi connectivity index (χ4n) is 1.69. The molecule has 2 aromatic rings. The second-order valence-electron chi connectivity index (χ2n) is 4.47. The average molecular weight is 369 g/mol. The van der Waals surface area contributed by atoms with Crippen LogP contribution in [0.4, 0.5) is 14.9 Å². The van der Waals surface area contributed by atoms with Crippen molar-refractivity contribution in [1.82, 2.24) is 0 Å². The lowest BCUT2D eigenvalue weighted by Gasteiger charge is -2.01. The number of primary amides is 1. The smallest absolute Gasteiger partial charge is 0.404 e. The molecule has 0 saturated heterocycles. The second-order valence-corrected chi connectivity index (χ2v) is 4.85. The summed E-state index contributed by atoms with van der Waals surface area (Å²) in [4.78, 5) is 31.3. The molecule has 0 unspecified atom stereocenters. The van der Waals surface area contributed by atoms with Gasteiger partial charge in [0.1, 0.15) is 6.61 Å². The molecule has 0 aliphatic carbocycles. The van der Waals surface area contributed by atoms with Gasteiger partial charge in [-0.2, -0.15) is 4.39 Å². The van der Waals surface area contributed by atoms with Gasteiger partial charge < -0.3 is 10.5 Å². The Labute approximate surface area is 147 Å². The van der Waals surface area contributed by atoms with Crippen LogP contribution >= 0.6 is 11.6 Å². The van der Waals surface area contributed by atoms with E-state index in [1.54, 1.807) is 30.3 Å². The number of nitro groups is 1. The standard InChI is InChI=1S/C13H8FNO3.C3H6ClNO2/c14-11-8-10(6-7-12(11)15(17)18)13(16)9-4-2-1-3-5-9;4-1-2-7-3(5)6/h1-8H;1-2H2,(H2,5,6). The molecule has 0 bridgehead atoms. The summed E-state index contributed by atoms with van der Waals surface area (Å²) in [6.45, 7) is 0.191. The zero-order chi connectivity index (χ0) is 18.8. The van der Waals surface area contributed by atoms with Crippen LogP contribution in [0.3, 0.4) is 0 Å². The highest BCUT2D eigenvalue weighted by molar-refractivity contribution is 6.18. The molecular formula is C16H14ClFN2O5. The number of alkyl halides is 1. The third-order valence-corrected chi connectivity index (χ3v) is 2.92. The number of halogens is 2. The largest absolute Gasteiger partial charge is 0.448 e. The fourth-order valence-corrected chi connectivity index (χ4v) is 1.77. The Bertz CT molecular complexity index is 755. The Morgan fingerprint density at radius 1 is 1.16 bits per heavy atom. The molecule has 0 heterocycles. The third kappa shape index (κ3) is 6.56. The van der Waals surface area contributed by atoms with Gasteiger partial charge in [0.05, 0.1) is 10.8 Å². The van der Waals surface area contributed by atoms with Gasteiger partial charge in [-0.15, -0.1) is 11.6 Å². The molecule has 1 amide bonds. The first kappa shape index (κ1) is 20.0. The number of carbonyl (C=O) groups excluding carboxylic acids is 2. The van der Waals surface area contributed by atoms with Crippen LogP contribution < -0.4 is 5.73 Å². The lowest BCUT2D eigenvalue weighted by molar-refractivity contribution is -0.387. The number of ketones is 1. The highest BCUT2D eigenvalue weighted by atomic mass is 35.5. The number of nitrogens with two attached hydrogens (primary N) is 1. The number of nitro benzene ring substituents is 1. The van der Waals surface area contributed by atoms with E-state index in [1.165, 1.54) is 6.07 Å². The molecule has 9 heteroatoms. The topological polar surface area (TPSA) is 113 Å². The number of carbonyl (C=O) groups is 2. The SMILES string of the molecule is NC(=O)OCCCl.O=C(c1ccccc1)c1ccc([N+](=O)[O-])c(F)c1. The van der Waals surface area contributed by atoms with Crippen LogP contribution in [-0.2, 0) is 4.74 Å². The lowest BCUT2D eigenvalue weighted by atomic mass is 10.0. The Morgan fingerprint density at radius 2 is 1.80 bits per heavy atom. The Kier molecular flexibility index (Phi) is 8.01. The van der Waals surface area contributed by atoms with Gasteiger partial charge in [-0.3, -0.25) is 14.9 Å². The van der Waals surface area contributed by atoms with Crippen molar-refractivity contribution in [1.29, 1.82) is 0 Å². The van der Waals surface area contributed by atoms with Crippen molar-refractivity contribution >= 4 is 29.2 Å². The van der Waals surface area contributed by atoms with Crippen molar-refractivity contribution in [3.05, 3.63) is 75.6 Å². The van der Waals surface area contributed by atoms with Crippen LogP contribution in [0.5, 0.6) is 0 Å². The summed E-state index contributed by atoms with van der Waals surface area (Å²) < 4.78 is 17.6. The van der Waals surface area contributed by atoms with Gasteiger partial charge in [-0.25, -0.2) is 4.79 Å². The molecule has 0 atom stereocenters. The number of rotatable bonds is 5. The van der Waals surface area contributed by atoms with Crippen LogP contribution in [-0.4, -0.2) is 29.3 Å². The van der Waals surface area contributed by atoms with Gasteiger partial charge >= 0.3 is 11.8 Å². The summed E-state index contributed by atoms with van der Waals surface area (Å²) in [6.07, 6.45) is -0.777. The highest BCUT2D eigenvalue weighted by Crippen LogP contribution is 2.19. The fraction of sp³-hybridized carbons (Fsp3) is 0.125. The first-order valence-corrected chi connectivity index (χ1v) is 7.42. The summed E-state index contributed by atoms with van der Waals surface area (Å²) in [5.74, 6) is -1.09. The maximum atomic E-state index is 13.4. The molecule has 0 spiro atoms. The van der Waals surface area contributed by atoms with E-state index in [4.69, 9.17) is 11.6 Å². The molecule has 0 radical (unpaired) electrons. The van der Waals surface area contributed by atoms with Gasteiger partial charge in [-0.05, 0) is 12.1 Å². The first-order chi connectivity index (χ1) is 11.9. The molecule has 132 valence electrons. The Balaban J connectivity index is 0.000000381. The van der Waals surface area contributed by atoms with E-state index < -0.39 is 22.5 Å². The van der Waals surface area contributed by atoms with Gasteiger partial charge in [-0.1, -0.05) is 30.3 Å². The summed E-state index contributed by atoms with van der Waals surface area (Å²) in [6, 6.07) is 11.5. The van der Waals surface area contributed by atoms with Crippen molar-refractivity contribution in [2.24, 2.45) is 5.73 Å². The molecule has 2 rings (SSSR count). The van der Waals surface area contributed by atoms with Crippen LogP contribution in [0.15, 0.2) is 48.5 Å². The minimum absolute atomic E-state index is 0.0873. The van der Waals surface area contributed by atoms with Gasteiger partial charge in [0.2, 0.25) is 5.82 Å². The molecular weight excluding hydrogens is 355 g/mol. The van der Waals surface area contributed by atoms with Crippen LogP contribution in [0.25, 0.3) is 0 Å². The number of benzene rings is 2. The number of hydrogen-bond donors (Lipinski definition) is 1. The Morgan fingerprint density at radius 3 is 2.24 bits per heavy atom. The first-order valence-electron chi connectivity index (χ1n) is 6.88. The zero-order valence-corrected chi connectivity index (χ0v) is 13.6. The predicted molar refractivity (Wildman–Crippen MR) is 89.2 cm³/mol. The van der Waals surface area contributed by atoms with E-state index in [9.17, 15) is 24.1 Å². The van der Waals surface area contributed by atoms with Crippen molar-refractivity contribution < 1.29 is 23.6 Å². The van der Waals surface area contributed by atoms with Crippen molar-refractivity contribution in [2.75, 3.05) is 12.5 Å². The van der Waals surface area contributed by atoms with Crippen LogP contribution in [0.2, 0.25) is 0 Å². The quantitative estimate of drug-likeness (QED) is 0.376. The monoisotopic (exact) mass is 368 g/mol. The molecule has 2 aromatic carbocycles. The molecule has 0 saturated carbocycles. The molecule has 0 aliphatic heterocycles. The Hall–Kier alpha value is -3.00. The number of amides is 1. The molecule has 7 nitrogen and oxygen atoms in total. The second kappa shape index (κ2) is 9.99. The number of hydrogen-bond acceptors (Lipinski definition) is 5. The molecule has 25 heavy (non-hydrogen) atoms. The summed E-state index contributed by atoms with van der Waals surface area (Å²) in [7, 11) is 0. The number of ether oxygens (including phenoxy) is 1. The third-order valence-electron chi connectivity index (χ3n) is 2.76. The molecule has 2 N–H and O–H groups in total. The van der Waals surface area contributed by atoms with Crippen LogP contribution in [0, 0.1) is 15.9 Å². The van der Waals surface area contributed by atoms with Crippen molar-refractivity contribution in [2.45, 2.75) is 0 Å². The van der Waals surface area contributed by atoms with Crippen molar-refractivity contribution in [3.63, 3.8) is 0 Å². The minimum Gasteiger partial charge on any atom is -0.448 e. The van der Waals surface area contributed by atoms with Crippen molar-refractivity contribution in [3.8, 4) is 0 Å². The van der Waals surface area contributed by atoms with E-state index in [0.717, 1.165) is 12.1 Å². The zero-order valence-electron chi connectivity index (χ0n) is 12.9. The van der Waals surface area contributed by atoms with E-state index in [1.807, 2.05) is 0 Å². The van der Waals surface area contributed by atoms with E-state index >= 15 is 0 Å². The molecule has 0 fully saturated rings. The van der Waals surface area contributed by atoms with Gasteiger partial charge in [0.25, 0.3) is 0 Å². The predicted octanol–water partition coefficient (Wildman–Crippen LogP) is 3.29. The lowest BCUT2D eigenvalue weighted by Crippen LogP contribution is -2.13. The normalized spacial score (nSPS) is 9.52. The summed E-state index contributed by atoms with van der Waals surface area (Å²) in [5.41, 5.74) is 4.41. The highest BCUT2D eigenvalue weighted by Gasteiger charge is 2.17. The molecule has 0 aliphatic rings. The maximum absolute atomic E-state index is 13.4.